The van der Waals surface area contributed by atoms with E-state index in [2.05, 4.69) is 36.2 Å². The number of aliphatic hydroxyl groups excluding tert-OH is 2. The van der Waals surface area contributed by atoms with Gasteiger partial charge in [0.2, 0.25) is 12.1 Å². The molecule has 2 aliphatic carbocycles. The molecule has 7 atom stereocenters. The average molecular weight is 962 g/mol. The Kier molecular flexibility index (Phi) is 17.0. The molecule has 4 aliphatic rings. The van der Waals surface area contributed by atoms with Crippen LogP contribution in [0.3, 0.4) is 0 Å². The van der Waals surface area contributed by atoms with Crippen molar-refractivity contribution in [3.05, 3.63) is 114 Å². The zero-order valence-corrected chi connectivity index (χ0v) is 40.5. The van der Waals surface area contributed by atoms with Gasteiger partial charge in [-0.3, -0.25) is 10.2 Å². The van der Waals surface area contributed by atoms with Gasteiger partial charge in [0.15, 0.2) is 0 Å². The summed E-state index contributed by atoms with van der Waals surface area (Å²) in [5.74, 6) is -0.896. The Balaban J connectivity index is 1.31. The fourth-order valence-corrected chi connectivity index (χ4v) is 10.9. The monoisotopic (exact) mass is 961 g/mol. The Bertz CT molecular complexity index is 2500. The highest BCUT2D eigenvalue weighted by molar-refractivity contribution is 6.03. The molecular weight excluding hydrogens is 895 g/mol. The highest BCUT2D eigenvalue weighted by Crippen LogP contribution is 2.62. The number of nitrogens with zero attached hydrogens (tertiary/aromatic N) is 2. The number of nitrogens with one attached hydrogen (secondary N) is 1. The van der Waals surface area contributed by atoms with Crippen LogP contribution in [0.15, 0.2) is 108 Å². The van der Waals surface area contributed by atoms with Crippen molar-refractivity contribution in [1.82, 2.24) is 4.90 Å². The quantitative estimate of drug-likeness (QED) is 0.0410. The molecule has 1 saturated carbocycles. The second-order valence-electron chi connectivity index (χ2n) is 18.2. The summed E-state index contributed by atoms with van der Waals surface area (Å²) in [6.07, 6.45) is 9.08. The van der Waals surface area contributed by atoms with Crippen LogP contribution in [-0.2, 0) is 25.6 Å². The Hall–Kier alpha value is -6.13. The first-order chi connectivity index (χ1) is 34.2. The Morgan fingerprint density at radius 2 is 1.74 bits per heavy atom. The van der Waals surface area contributed by atoms with E-state index < -0.39 is 36.2 Å². The summed E-state index contributed by atoms with van der Waals surface area (Å²) in [7, 11) is 3.06. The second kappa shape index (κ2) is 23.7. The zero-order chi connectivity index (χ0) is 49.0. The van der Waals surface area contributed by atoms with E-state index in [4.69, 9.17) is 43.2 Å². The molecule has 374 valence electrons. The van der Waals surface area contributed by atoms with Crippen LogP contribution in [0.25, 0.3) is 10.8 Å². The van der Waals surface area contributed by atoms with Gasteiger partial charge in [-0.25, -0.2) is 9.59 Å². The summed E-state index contributed by atoms with van der Waals surface area (Å²) < 4.78 is 43.5. The molecule has 2 fully saturated rings. The van der Waals surface area contributed by atoms with Crippen LogP contribution < -0.4 is 24.3 Å². The summed E-state index contributed by atoms with van der Waals surface area (Å²) in [6, 6.07) is 23.7. The normalized spacial score (nSPS) is 24.0. The predicted molar refractivity (Wildman–Crippen MR) is 265 cm³/mol. The minimum atomic E-state index is -1.55. The molecule has 0 radical (unpaired) electrons. The molecule has 15 nitrogen and oxygen atoms in total. The fraction of sp³-hybridized carbons (Fsp3) is 0.473. The molecule has 70 heavy (non-hydrogen) atoms. The smallest absolute Gasteiger partial charge is 0.417 e. The van der Waals surface area contributed by atoms with Gasteiger partial charge < -0.3 is 48.2 Å². The number of methoxy groups -OCH3 is 2. The molecule has 0 aromatic heterocycles. The molecule has 2 amide bonds. The maximum atomic E-state index is 14.8. The first-order valence-electron chi connectivity index (χ1n) is 24.7. The number of hydrogen-bond acceptors (Lipinski definition) is 13. The van der Waals surface area contributed by atoms with Gasteiger partial charge in [0.25, 0.3) is 0 Å². The highest BCUT2D eigenvalue weighted by Gasteiger charge is 2.66. The first kappa shape index (κ1) is 50.3. The molecule has 2 heterocycles. The van der Waals surface area contributed by atoms with Crippen LogP contribution in [0.4, 0.5) is 15.3 Å². The van der Waals surface area contributed by atoms with Gasteiger partial charge in [0, 0.05) is 43.6 Å². The van der Waals surface area contributed by atoms with Crippen LogP contribution in [0.1, 0.15) is 88.2 Å². The van der Waals surface area contributed by atoms with Crippen molar-refractivity contribution >= 4 is 34.4 Å². The number of hydrogen-bond donors (Lipinski definition) is 3. The van der Waals surface area contributed by atoms with E-state index in [9.17, 15) is 19.8 Å². The van der Waals surface area contributed by atoms with Crippen LogP contribution in [0.2, 0.25) is 0 Å². The summed E-state index contributed by atoms with van der Waals surface area (Å²) in [6.45, 7) is 6.89. The third-order valence-corrected chi connectivity index (χ3v) is 14.0. The molecule has 0 spiro atoms. The molecule has 7 unspecified atom stereocenters. The molecule has 4 aromatic carbocycles. The number of fused-ring (bicyclic) bond motifs is 3. The lowest BCUT2D eigenvalue weighted by atomic mass is 9.55. The van der Waals surface area contributed by atoms with Crippen LogP contribution in [0.5, 0.6) is 23.0 Å². The number of amides is 2. The van der Waals surface area contributed by atoms with Crippen molar-refractivity contribution in [3.63, 3.8) is 0 Å². The minimum absolute atomic E-state index is 0.0236. The number of unbranched alkanes of at least 4 members (excludes halogenated alkanes) is 2. The third-order valence-electron chi connectivity index (χ3n) is 14.0. The van der Waals surface area contributed by atoms with Gasteiger partial charge in [-0.15, -0.1) is 6.58 Å². The SMILES string of the molecule is C=CCOC12Oc3ccc(OC(=O)Nc4ccc(OC)cc4OC)cc3C3C(CCCCO)C(CCCCO)C=C(C(=NOC4CCCCO4)CC1N(Cc1cccc4ccccc14)C(=O)OCC)C32. The summed E-state index contributed by atoms with van der Waals surface area (Å²) in [4.78, 5) is 36.6. The van der Waals surface area contributed by atoms with Crippen LogP contribution >= 0.6 is 0 Å². The number of ether oxygens (including phenoxy) is 7. The van der Waals surface area contributed by atoms with Crippen molar-refractivity contribution in [1.29, 1.82) is 0 Å². The van der Waals surface area contributed by atoms with Crippen molar-refractivity contribution in [2.75, 3.05) is 52.6 Å². The number of anilines is 1. The van der Waals surface area contributed by atoms with Gasteiger partial charge in [-0.05, 0) is 110 Å². The summed E-state index contributed by atoms with van der Waals surface area (Å²) in [5.41, 5.74) is 3.59. The number of oxime groups is 1. The molecule has 15 heteroatoms. The van der Waals surface area contributed by atoms with Gasteiger partial charge in [0.05, 0.1) is 57.9 Å². The number of aliphatic hydroxyl groups is 2. The first-order valence-corrected chi connectivity index (χ1v) is 24.7. The topological polar surface area (TPSA) is 176 Å². The molecule has 4 aromatic rings. The summed E-state index contributed by atoms with van der Waals surface area (Å²) in [5, 5.41) is 29.9. The largest absolute Gasteiger partial charge is 0.497 e. The lowest BCUT2D eigenvalue weighted by Crippen LogP contribution is -2.70. The van der Waals surface area contributed by atoms with E-state index in [1.165, 1.54) is 7.11 Å². The van der Waals surface area contributed by atoms with Crippen molar-refractivity contribution in [2.24, 2.45) is 22.9 Å². The van der Waals surface area contributed by atoms with Gasteiger partial charge in [-0.2, -0.15) is 0 Å². The van der Waals surface area contributed by atoms with Crippen molar-refractivity contribution in [2.45, 2.75) is 102 Å². The minimum Gasteiger partial charge on any atom is -0.497 e. The van der Waals surface area contributed by atoms with Gasteiger partial charge in [-0.1, -0.05) is 72.6 Å². The van der Waals surface area contributed by atoms with E-state index in [-0.39, 0.29) is 62.9 Å². The Morgan fingerprint density at radius 3 is 2.50 bits per heavy atom. The standard InChI is InChI=1S/C55H67N3O12/c1-5-29-67-55-49(58(54(62)65-6-2)35-38-19-15-18-36-16-7-8-20-41(36)38)34-46(57-70-50-22-11-14-30-66-50)43-31-37(17-9-12-27-59)42(21-10-13-28-60)51(52(43)55)44-32-40(24-26-47(44)69-55)68-53(61)56-45-25-23-39(63-3)33-48(45)64-4/h5,7-8,15-16,18-20,23-26,31-33,37,42,49-52,59-60H,1,6,9-14,17,21-22,27-30,34-35H2,2-4H3,(H,56,61). The zero-order valence-electron chi connectivity index (χ0n) is 40.5. The van der Waals surface area contributed by atoms with E-state index >= 15 is 0 Å². The highest BCUT2D eigenvalue weighted by atomic mass is 16.8. The van der Waals surface area contributed by atoms with Crippen molar-refractivity contribution in [3.8, 4) is 23.0 Å². The Labute approximate surface area is 410 Å². The predicted octanol–water partition coefficient (Wildman–Crippen LogP) is 10.3. The molecule has 3 N–H and O–H groups in total. The van der Waals surface area contributed by atoms with Crippen LogP contribution in [0, 0.1) is 17.8 Å². The number of rotatable bonds is 21. The van der Waals surface area contributed by atoms with Crippen molar-refractivity contribution < 1.29 is 57.8 Å². The average Bonchev–Trinajstić information content (AvgIpc) is 3.38. The van der Waals surface area contributed by atoms with Gasteiger partial charge in [0.1, 0.15) is 29.0 Å². The van der Waals surface area contributed by atoms with E-state index in [1.807, 2.05) is 30.3 Å². The van der Waals surface area contributed by atoms with E-state index in [1.54, 1.807) is 55.3 Å². The molecule has 2 aliphatic heterocycles. The van der Waals surface area contributed by atoms with Crippen LogP contribution in [-0.4, -0.2) is 98.4 Å². The maximum Gasteiger partial charge on any atom is 0.417 e. The number of carbonyl (C=O) groups is 2. The lowest BCUT2D eigenvalue weighted by molar-refractivity contribution is -0.256. The van der Waals surface area contributed by atoms with E-state index in [0.29, 0.717) is 54.5 Å². The molecule has 1 saturated heterocycles. The molecule has 0 bridgehead atoms. The van der Waals surface area contributed by atoms with E-state index in [0.717, 1.165) is 66.0 Å². The lowest BCUT2D eigenvalue weighted by Gasteiger charge is -2.60. The van der Waals surface area contributed by atoms with Gasteiger partial charge >= 0.3 is 12.2 Å². The third kappa shape index (κ3) is 10.9. The molecular formula is C55H67N3O12. The number of carbonyl (C=O) groups excluding carboxylic acids is 2. The number of benzene rings is 4. The second-order valence-corrected chi connectivity index (χ2v) is 18.2. The number of allylic oxidation sites excluding steroid dienone is 1. The molecule has 8 rings (SSSR count). The fourth-order valence-electron chi connectivity index (χ4n) is 10.9. The summed E-state index contributed by atoms with van der Waals surface area (Å²) >= 11 is 0. The maximum absolute atomic E-state index is 14.8. The Morgan fingerprint density at radius 1 is 0.943 bits per heavy atom.